The molecule has 7 heteroatoms. The molecule has 0 aliphatic carbocycles. The zero-order valence-electron chi connectivity index (χ0n) is 18.2. The first-order valence-corrected chi connectivity index (χ1v) is 12.0. The van der Waals surface area contributed by atoms with E-state index in [4.69, 9.17) is 4.74 Å². The van der Waals surface area contributed by atoms with E-state index in [-0.39, 0.29) is 10.8 Å². The maximum absolute atomic E-state index is 13.3. The van der Waals surface area contributed by atoms with Gasteiger partial charge < -0.3 is 9.64 Å². The average Bonchev–Trinajstić information content (AvgIpc) is 3.25. The summed E-state index contributed by atoms with van der Waals surface area (Å²) in [6.45, 7) is 3.33. The molecule has 0 saturated heterocycles. The first-order valence-electron chi connectivity index (χ1n) is 10.6. The molecule has 0 saturated carbocycles. The predicted molar refractivity (Wildman–Crippen MR) is 125 cm³/mol. The lowest BCUT2D eigenvalue weighted by Gasteiger charge is -2.21. The molecule has 0 aromatic heterocycles. The Morgan fingerprint density at radius 1 is 1.03 bits per heavy atom. The minimum atomic E-state index is -3.75. The van der Waals surface area contributed by atoms with Crippen molar-refractivity contribution in [2.45, 2.75) is 24.8 Å². The van der Waals surface area contributed by atoms with Crippen LogP contribution in [0.15, 0.2) is 77.7 Å². The van der Waals surface area contributed by atoms with Gasteiger partial charge in [0.15, 0.2) is 0 Å². The molecule has 3 aromatic rings. The minimum Gasteiger partial charge on any atom is -0.494 e. The maximum atomic E-state index is 13.3. The van der Waals surface area contributed by atoms with Gasteiger partial charge in [-0.3, -0.25) is 9.10 Å². The number of para-hydroxylation sites is 1. The number of nitrogens with zero attached hydrogens (tertiary/aromatic N) is 2. The third kappa shape index (κ3) is 4.34. The number of fused-ring (bicyclic) bond motifs is 1. The number of ether oxygens (including phenoxy) is 1. The summed E-state index contributed by atoms with van der Waals surface area (Å²) in [5.41, 5.74) is 3.02. The third-order valence-electron chi connectivity index (χ3n) is 5.51. The molecule has 1 aliphatic heterocycles. The van der Waals surface area contributed by atoms with Gasteiger partial charge in [-0.05, 0) is 60.9 Å². The average molecular weight is 451 g/mol. The second-order valence-electron chi connectivity index (χ2n) is 7.72. The van der Waals surface area contributed by atoms with E-state index in [1.165, 1.54) is 10.4 Å². The minimum absolute atomic E-state index is 0.120. The van der Waals surface area contributed by atoms with Gasteiger partial charge in [0, 0.05) is 25.7 Å². The quantitative estimate of drug-likeness (QED) is 0.543. The molecular formula is C25H26N2O4S. The second kappa shape index (κ2) is 9.04. The fourth-order valence-corrected chi connectivity index (χ4v) is 5.45. The lowest BCUT2D eigenvalue weighted by atomic mass is 10.1. The molecule has 3 aromatic carbocycles. The summed E-state index contributed by atoms with van der Waals surface area (Å²) >= 11 is 0. The van der Waals surface area contributed by atoms with Crippen molar-refractivity contribution in [3.63, 3.8) is 0 Å². The highest BCUT2D eigenvalue weighted by molar-refractivity contribution is 7.92. The van der Waals surface area contributed by atoms with Gasteiger partial charge in [-0.1, -0.05) is 36.4 Å². The number of hydrogen-bond donors (Lipinski definition) is 0. The van der Waals surface area contributed by atoms with Crippen LogP contribution in [0.25, 0.3) is 0 Å². The van der Waals surface area contributed by atoms with Crippen molar-refractivity contribution >= 4 is 21.6 Å². The molecule has 0 bridgehead atoms. The number of carbonyl (C=O) groups is 1. The van der Waals surface area contributed by atoms with Gasteiger partial charge in [0.1, 0.15) is 5.75 Å². The van der Waals surface area contributed by atoms with Crippen LogP contribution in [0.3, 0.4) is 0 Å². The fourth-order valence-electron chi connectivity index (χ4n) is 3.90. The Bertz CT molecular complexity index is 1220. The van der Waals surface area contributed by atoms with Crippen molar-refractivity contribution in [3.05, 3.63) is 89.5 Å². The molecule has 32 heavy (non-hydrogen) atoms. The van der Waals surface area contributed by atoms with Gasteiger partial charge in [0.2, 0.25) is 0 Å². The highest BCUT2D eigenvalue weighted by Crippen LogP contribution is 2.32. The Labute approximate surface area is 189 Å². The van der Waals surface area contributed by atoms with Crippen molar-refractivity contribution < 1.29 is 17.9 Å². The van der Waals surface area contributed by atoms with E-state index in [0.717, 1.165) is 16.9 Å². The maximum Gasteiger partial charge on any atom is 0.264 e. The van der Waals surface area contributed by atoms with Crippen LogP contribution < -0.4 is 9.04 Å². The standard InChI is InChI=1S/C25H26N2O4S/c1-3-31-22-13-11-19(12-14-22)18-26(2)25(28)21-8-6-9-23(17-21)32(29,30)27-16-15-20-7-4-5-10-24(20)27/h4-14,17H,3,15-16,18H2,1-2H3. The highest BCUT2D eigenvalue weighted by atomic mass is 32.2. The van der Waals surface area contributed by atoms with Crippen LogP contribution in [-0.4, -0.2) is 39.4 Å². The third-order valence-corrected chi connectivity index (χ3v) is 7.32. The number of rotatable bonds is 7. The predicted octanol–water partition coefficient (Wildman–Crippen LogP) is 4.11. The van der Waals surface area contributed by atoms with Crippen LogP contribution in [0.1, 0.15) is 28.4 Å². The molecule has 4 rings (SSSR count). The number of hydrogen-bond acceptors (Lipinski definition) is 4. The van der Waals surface area contributed by atoms with Crippen LogP contribution in [0.5, 0.6) is 5.75 Å². The molecular weight excluding hydrogens is 424 g/mol. The topological polar surface area (TPSA) is 66.9 Å². The first-order chi connectivity index (χ1) is 15.4. The largest absolute Gasteiger partial charge is 0.494 e. The molecule has 0 fully saturated rings. The van der Waals surface area contributed by atoms with Gasteiger partial charge in [-0.25, -0.2) is 8.42 Å². The number of sulfonamides is 1. The van der Waals surface area contributed by atoms with E-state index in [1.54, 1.807) is 30.1 Å². The van der Waals surface area contributed by atoms with Crippen molar-refractivity contribution in [2.75, 3.05) is 24.5 Å². The monoisotopic (exact) mass is 450 g/mol. The van der Waals surface area contributed by atoms with E-state index in [9.17, 15) is 13.2 Å². The summed E-state index contributed by atoms with van der Waals surface area (Å²) in [4.78, 5) is 14.7. The van der Waals surface area contributed by atoms with E-state index in [0.29, 0.717) is 37.4 Å². The highest BCUT2D eigenvalue weighted by Gasteiger charge is 2.31. The van der Waals surface area contributed by atoms with Crippen LogP contribution >= 0.6 is 0 Å². The summed E-state index contributed by atoms with van der Waals surface area (Å²) in [5, 5.41) is 0. The summed E-state index contributed by atoms with van der Waals surface area (Å²) < 4.78 is 33.5. The van der Waals surface area contributed by atoms with Crippen LogP contribution in [-0.2, 0) is 23.0 Å². The summed E-state index contributed by atoms with van der Waals surface area (Å²) in [7, 11) is -2.05. The van der Waals surface area contributed by atoms with Gasteiger partial charge in [0.05, 0.1) is 17.2 Å². The molecule has 0 spiro atoms. The Kier molecular flexibility index (Phi) is 6.19. The lowest BCUT2D eigenvalue weighted by Crippen LogP contribution is -2.30. The van der Waals surface area contributed by atoms with Gasteiger partial charge in [0.25, 0.3) is 15.9 Å². The van der Waals surface area contributed by atoms with Gasteiger partial charge in [-0.15, -0.1) is 0 Å². The molecule has 0 unspecified atom stereocenters. The normalized spacial score (nSPS) is 13.0. The molecule has 1 heterocycles. The van der Waals surface area contributed by atoms with E-state index < -0.39 is 10.0 Å². The summed E-state index contributed by atoms with van der Waals surface area (Å²) in [5.74, 6) is 0.546. The smallest absolute Gasteiger partial charge is 0.264 e. The van der Waals surface area contributed by atoms with Gasteiger partial charge in [-0.2, -0.15) is 0 Å². The fraction of sp³-hybridized carbons (Fsp3) is 0.240. The number of amides is 1. The van der Waals surface area contributed by atoms with Crippen molar-refractivity contribution in [2.24, 2.45) is 0 Å². The summed E-state index contributed by atoms with van der Waals surface area (Å²) in [6.07, 6.45) is 0.679. The number of carbonyl (C=O) groups excluding carboxylic acids is 1. The molecule has 1 aliphatic rings. The number of benzene rings is 3. The van der Waals surface area contributed by atoms with Crippen molar-refractivity contribution in [3.8, 4) is 5.75 Å². The Hall–Kier alpha value is -3.32. The second-order valence-corrected chi connectivity index (χ2v) is 9.58. The Balaban J connectivity index is 1.52. The van der Waals surface area contributed by atoms with Crippen LogP contribution in [0, 0.1) is 0 Å². The van der Waals surface area contributed by atoms with Crippen LogP contribution in [0.2, 0.25) is 0 Å². The molecule has 0 N–H and O–H groups in total. The SMILES string of the molecule is CCOc1ccc(CN(C)C(=O)c2cccc(S(=O)(=O)N3CCc4ccccc43)c2)cc1. The Morgan fingerprint density at radius 2 is 1.78 bits per heavy atom. The molecule has 6 nitrogen and oxygen atoms in total. The zero-order chi connectivity index (χ0) is 22.7. The van der Waals surface area contributed by atoms with E-state index >= 15 is 0 Å². The van der Waals surface area contributed by atoms with Crippen molar-refractivity contribution in [1.82, 2.24) is 4.90 Å². The molecule has 166 valence electrons. The van der Waals surface area contributed by atoms with Gasteiger partial charge >= 0.3 is 0 Å². The van der Waals surface area contributed by atoms with Crippen LogP contribution in [0.4, 0.5) is 5.69 Å². The molecule has 1 amide bonds. The first kappa shape index (κ1) is 21.9. The zero-order valence-corrected chi connectivity index (χ0v) is 19.0. The van der Waals surface area contributed by atoms with E-state index in [1.807, 2.05) is 55.5 Å². The summed E-state index contributed by atoms with van der Waals surface area (Å²) in [6, 6.07) is 21.4. The van der Waals surface area contributed by atoms with E-state index in [2.05, 4.69) is 0 Å². The Morgan fingerprint density at radius 3 is 2.53 bits per heavy atom. The lowest BCUT2D eigenvalue weighted by molar-refractivity contribution is 0.0785. The number of anilines is 1. The molecule has 0 radical (unpaired) electrons. The molecule has 0 atom stereocenters. The van der Waals surface area contributed by atoms with Crippen molar-refractivity contribution in [1.29, 1.82) is 0 Å².